The average Bonchev–Trinajstić information content (AvgIpc) is 3.11. The third-order valence-electron chi connectivity index (χ3n) is 5.69. The Morgan fingerprint density at radius 2 is 2.00 bits per heavy atom. The first-order valence-corrected chi connectivity index (χ1v) is 9.64. The maximum atomic E-state index is 12.9. The average molecular weight is 351 g/mol. The van der Waals surface area contributed by atoms with Crippen LogP contribution in [0.15, 0.2) is 30.6 Å². The van der Waals surface area contributed by atoms with E-state index in [1.165, 1.54) is 0 Å². The summed E-state index contributed by atoms with van der Waals surface area (Å²) >= 11 is 0. The van der Waals surface area contributed by atoms with Crippen molar-refractivity contribution in [2.75, 3.05) is 13.1 Å². The number of amides is 1. The normalized spacial score (nSPS) is 18.5. The van der Waals surface area contributed by atoms with E-state index in [1.54, 1.807) is 6.20 Å². The van der Waals surface area contributed by atoms with Crippen molar-refractivity contribution in [1.82, 2.24) is 14.9 Å². The van der Waals surface area contributed by atoms with Gasteiger partial charge < -0.3 is 9.88 Å². The molecule has 2 aromatic rings. The molecule has 0 bridgehead atoms. The number of aromatic amines is 1. The summed E-state index contributed by atoms with van der Waals surface area (Å²) in [5.74, 6) is 1.93. The second kappa shape index (κ2) is 7.44. The number of piperidine rings is 1. The van der Waals surface area contributed by atoms with Gasteiger partial charge in [0.1, 0.15) is 5.82 Å². The molecule has 1 aliphatic heterocycles. The van der Waals surface area contributed by atoms with Crippen LogP contribution in [0, 0.1) is 5.92 Å². The Morgan fingerprint density at radius 1 is 1.19 bits per heavy atom. The molecule has 2 heterocycles. The summed E-state index contributed by atoms with van der Waals surface area (Å²) in [6, 6.07) is 5.65. The van der Waals surface area contributed by atoms with Crippen molar-refractivity contribution in [1.29, 1.82) is 0 Å². The number of carbonyl (C=O) groups excluding carboxylic acids is 2. The maximum absolute atomic E-state index is 12.9. The molecular weight excluding hydrogens is 326 g/mol. The molecule has 0 saturated carbocycles. The first-order chi connectivity index (χ1) is 12.7. The number of fused-ring (bicyclic) bond motifs is 1. The number of carbonyl (C=O) groups is 2. The zero-order valence-corrected chi connectivity index (χ0v) is 15.0. The van der Waals surface area contributed by atoms with E-state index in [1.807, 2.05) is 29.3 Å². The number of hydrogen-bond acceptors (Lipinski definition) is 3. The molecule has 0 spiro atoms. The minimum atomic E-state index is 0.0981. The van der Waals surface area contributed by atoms with Gasteiger partial charge in [-0.05, 0) is 55.7 Å². The molecule has 1 N–H and O–H groups in total. The molecule has 136 valence electrons. The summed E-state index contributed by atoms with van der Waals surface area (Å²) in [6.07, 6.45) is 10.1. The van der Waals surface area contributed by atoms with Gasteiger partial charge in [0.2, 0.25) is 0 Å². The van der Waals surface area contributed by atoms with Gasteiger partial charge >= 0.3 is 0 Å². The van der Waals surface area contributed by atoms with Gasteiger partial charge in [-0.15, -0.1) is 0 Å². The van der Waals surface area contributed by atoms with E-state index in [2.05, 4.69) is 9.97 Å². The first kappa shape index (κ1) is 17.0. The number of hydrogen-bond donors (Lipinski definition) is 1. The molecule has 0 radical (unpaired) electrons. The number of aromatic nitrogens is 2. The summed E-state index contributed by atoms with van der Waals surface area (Å²) in [5.41, 5.74) is 2.59. The Bertz CT molecular complexity index is 790. The molecule has 1 aromatic carbocycles. The standard InChI is InChI=1S/C21H25N3O2/c25-19-4-2-1-3-16-14-17(5-6-18(16)19)21(26)24-11-7-15(8-12-24)13-20-22-9-10-23-20/h5-6,9-10,14-15H,1-4,7-8,11-13H2,(H,22,23). The number of Topliss-reactive ketones (excluding diaryl/α,β-unsaturated/α-hetero) is 1. The van der Waals surface area contributed by atoms with Crippen molar-refractivity contribution < 1.29 is 9.59 Å². The smallest absolute Gasteiger partial charge is 0.253 e. The number of imidazole rings is 1. The van der Waals surface area contributed by atoms with Crippen LogP contribution in [0.3, 0.4) is 0 Å². The van der Waals surface area contributed by atoms with Gasteiger partial charge in [-0.1, -0.05) is 6.07 Å². The van der Waals surface area contributed by atoms with Crippen molar-refractivity contribution in [2.45, 2.75) is 44.9 Å². The minimum absolute atomic E-state index is 0.0981. The number of likely N-dealkylation sites (tertiary alicyclic amines) is 1. The molecule has 5 heteroatoms. The fraction of sp³-hybridized carbons (Fsp3) is 0.476. The van der Waals surface area contributed by atoms with Crippen LogP contribution in [-0.2, 0) is 12.8 Å². The number of benzene rings is 1. The van der Waals surface area contributed by atoms with E-state index >= 15 is 0 Å². The molecule has 26 heavy (non-hydrogen) atoms. The van der Waals surface area contributed by atoms with Crippen molar-refractivity contribution in [3.8, 4) is 0 Å². The number of H-pyrrole nitrogens is 1. The van der Waals surface area contributed by atoms with Gasteiger partial charge in [0.25, 0.3) is 5.91 Å². The van der Waals surface area contributed by atoms with Crippen LogP contribution in [0.1, 0.15) is 64.2 Å². The highest BCUT2D eigenvalue weighted by Crippen LogP contribution is 2.25. The lowest BCUT2D eigenvalue weighted by molar-refractivity contribution is 0.0689. The van der Waals surface area contributed by atoms with Gasteiger partial charge in [0, 0.05) is 49.5 Å². The zero-order chi connectivity index (χ0) is 17.9. The predicted octanol–water partition coefficient (Wildman–Crippen LogP) is 3.41. The number of nitrogens with one attached hydrogen (secondary N) is 1. The van der Waals surface area contributed by atoms with Gasteiger partial charge in [-0.2, -0.15) is 0 Å². The molecule has 5 nitrogen and oxygen atoms in total. The molecular formula is C21H25N3O2. The summed E-state index contributed by atoms with van der Waals surface area (Å²) in [5, 5.41) is 0. The van der Waals surface area contributed by atoms with E-state index in [-0.39, 0.29) is 11.7 Å². The summed E-state index contributed by atoms with van der Waals surface area (Å²) in [4.78, 5) is 34.5. The topological polar surface area (TPSA) is 66.1 Å². The third kappa shape index (κ3) is 3.57. The monoisotopic (exact) mass is 351 g/mol. The first-order valence-electron chi connectivity index (χ1n) is 9.64. The predicted molar refractivity (Wildman–Crippen MR) is 99.2 cm³/mol. The van der Waals surface area contributed by atoms with Crippen LogP contribution < -0.4 is 0 Å². The Balaban J connectivity index is 1.41. The summed E-state index contributed by atoms with van der Waals surface area (Å²) in [7, 11) is 0. The van der Waals surface area contributed by atoms with E-state index < -0.39 is 0 Å². The van der Waals surface area contributed by atoms with Gasteiger partial charge in [0.05, 0.1) is 0 Å². The SMILES string of the molecule is O=C1CCCCc2cc(C(=O)N3CCC(Cc4ncc[nH]4)CC3)ccc21. The molecule has 1 aliphatic carbocycles. The number of rotatable bonds is 3. The lowest BCUT2D eigenvalue weighted by atomic mass is 9.92. The number of ketones is 1. The largest absolute Gasteiger partial charge is 0.349 e. The Morgan fingerprint density at radius 3 is 2.77 bits per heavy atom. The Hall–Kier alpha value is -2.43. The highest BCUT2D eigenvalue weighted by atomic mass is 16.2. The molecule has 1 saturated heterocycles. The molecule has 1 fully saturated rings. The second-order valence-electron chi connectivity index (χ2n) is 7.48. The molecule has 4 rings (SSSR count). The van der Waals surface area contributed by atoms with Crippen LogP contribution in [0.25, 0.3) is 0 Å². The molecule has 1 amide bonds. The molecule has 0 atom stereocenters. The lowest BCUT2D eigenvalue weighted by Gasteiger charge is -2.32. The maximum Gasteiger partial charge on any atom is 0.253 e. The van der Waals surface area contributed by atoms with E-state index in [4.69, 9.17) is 0 Å². The highest BCUT2D eigenvalue weighted by molar-refractivity contribution is 6.00. The zero-order valence-electron chi connectivity index (χ0n) is 15.0. The van der Waals surface area contributed by atoms with Crippen molar-refractivity contribution in [2.24, 2.45) is 5.92 Å². The minimum Gasteiger partial charge on any atom is -0.349 e. The number of nitrogens with zero attached hydrogens (tertiary/aromatic N) is 2. The third-order valence-corrected chi connectivity index (χ3v) is 5.69. The molecule has 2 aliphatic rings. The van der Waals surface area contributed by atoms with E-state index in [9.17, 15) is 9.59 Å². The van der Waals surface area contributed by atoms with Crippen molar-refractivity contribution >= 4 is 11.7 Å². The number of aryl methyl sites for hydroxylation is 1. The lowest BCUT2D eigenvalue weighted by Crippen LogP contribution is -2.39. The fourth-order valence-electron chi connectivity index (χ4n) is 4.15. The van der Waals surface area contributed by atoms with E-state index in [0.717, 1.165) is 74.1 Å². The van der Waals surface area contributed by atoms with Crippen LogP contribution >= 0.6 is 0 Å². The quantitative estimate of drug-likeness (QED) is 0.862. The highest BCUT2D eigenvalue weighted by Gasteiger charge is 2.25. The van der Waals surface area contributed by atoms with Gasteiger partial charge in [0.15, 0.2) is 5.78 Å². The Kier molecular flexibility index (Phi) is 4.87. The van der Waals surface area contributed by atoms with Crippen molar-refractivity contribution in [3.05, 3.63) is 53.1 Å². The van der Waals surface area contributed by atoms with Gasteiger partial charge in [-0.25, -0.2) is 4.98 Å². The van der Waals surface area contributed by atoms with E-state index in [0.29, 0.717) is 12.3 Å². The van der Waals surface area contributed by atoms with Crippen LogP contribution in [0.5, 0.6) is 0 Å². The van der Waals surface area contributed by atoms with Crippen molar-refractivity contribution in [3.63, 3.8) is 0 Å². The summed E-state index contributed by atoms with van der Waals surface area (Å²) < 4.78 is 0. The molecule has 1 aromatic heterocycles. The molecule has 0 unspecified atom stereocenters. The Labute approximate surface area is 153 Å². The van der Waals surface area contributed by atoms with Gasteiger partial charge in [-0.3, -0.25) is 9.59 Å². The summed E-state index contributed by atoms with van der Waals surface area (Å²) in [6.45, 7) is 1.58. The van der Waals surface area contributed by atoms with Crippen LogP contribution in [0.2, 0.25) is 0 Å². The fourth-order valence-corrected chi connectivity index (χ4v) is 4.15. The van der Waals surface area contributed by atoms with Crippen LogP contribution in [-0.4, -0.2) is 39.6 Å². The van der Waals surface area contributed by atoms with Crippen LogP contribution in [0.4, 0.5) is 0 Å². The second-order valence-corrected chi connectivity index (χ2v) is 7.48.